The molecule has 2 aromatic rings. The largest absolute Gasteiger partial charge is 0.497 e. The van der Waals surface area contributed by atoms with Crippen LogP contribution in [0.2, 0.25) is 18.1 Å². The van der Waals surface area contributed by atoms with Crippen molar-refractivity contribution in [1.29, 1.82) is 0 Å². The normalized spacial score (nSPS) is 18.2. The Balaban J connectivity index is 1.89. The number of methoxy groups -OCH3 is 3. The third kappa shape index (κ3) is 13.2. The fourth-order valence-corrected chi connectivity index (χ4v) is 12.8. The molecule has 50 heavy (non-hydrogen) atoms. The Labute approximate surface area is 314 Å². The van der Waals surface area contributed by atoms with Gasteiger partial charge in [-0.05, 0) is 108 Å². The maximum absolute atomic E-state index is 7.44. The van der Waals surface area contributed by atoms with Gasteiger partial charge in [0.05, 0.1) is 44.2 Å². The van der Waals surface area contributed by atoms with Gasteiger partial charge in [0.15, 0.2) is 8.32 Å². The molecule has 0 saturated carbocycles. The first kappa shape index (κ1) is 42.9. The molecule has 3 rings (SSSR count). The number of thioether (sulfide) groups is 2. The van der Waals surface area contributed by atoms with Crippen molar-refractivity contribution in [3.63, 3.8) is 0 Å². The molecule has 0 amide bonds. The van der Waals surface area contributed by atoms with Gasteiger partial charge in [0.1, 0.15) is 17.6 Å². The Morgan fingerprint density at radius 3 is 1.84 bits per heavy atom. The van der Waals surface area contributed by atoms with Crippen molar-refractivity contribution in [2.75, 3.05) is 39.4 Å². The minimum absolute atomic E-state index is 0.183. The van der Waals surface area contributed by atoms with E-state index in [1.807, 2.05) is 31.4 Å². The molecule has 9 heteroatoms. The SMILES string of the molecule is CC[Si](CC)(CC)O[C@H](/C(C)=C/[C@@H](C)C1SCCCS1)[C@@H](OC)[C@@H](OCc1ccc(OC)cc1)[C@H](C)C[C@H](C)COCc1ccc(OC)cc1. The molecule has 1 aliphatic rings. The van der Waals surface area contributed by atoms with Crippen LogP contribution in [0.1, 0.15) is 72.4 Å². The number of allylic oxidation sites excluding steroid dienone is 1. The van der Waals surface area contributed by atoms with E-state index in [2.05, 4.69) is 102 Å². The summed E-state index contributed by atoms with van der Waals surface area (Å²) in [6, 6.07) is 19.5. The fraction of sp³-hybridized carbons (Fsp3) is 0.659. The molecule has 6 nitrogen and oxygen atoms in total. The topological polar surface area (TPSA) is 55.4 Å². The van der Waals surface area contributed by atoms with E-state index >= 15 is 0 Å². The van der Waals surface area contributed by atoms with E-state index in [0.29, 0.717) is 36.2 Å². The molecule has 0 bridgehead atoms. The fourth-order valence-electron chi connectivity index (χ4n) is 6.95. The Morgan fingerprint density at radius 1 is 0.800 bits per heavy atom. The highest BCUT2D eigenvalue weighted by atomic mass is 32.2. The van der Waals surface area contributed by atoms with Gasteiger partial charge < -0.3 is 28.1 Å². The van der Waals surface area contributed by atoms with Crippen LogP contribution in [0.3, 0.4) is 0 Å². The van der Waals surface area contributed by atoms with Crippen molar-refractivity contribution in [2.24, 2.45) is 17.8 Å². The first-order chi connectivity index (χ1) is 24.1. The predicted molar refractivity (Wildman–Crippen MR) is 216 cm³/mol. The third-order valence-electron chi connectivity index (χ3n) is 10.2. The zero-order chi connectivity index (χ0) is 36.5. The van der Waals surface area contributed by atoms with Gasteiger partial charge in [-0.1, -0.05) is 71.9 Å². The second kappa shape index (κ2) is 22.6. The molecule has 0 aliphatic carbocycles. The molecule has 0 radical (unpaired) electrons. The summed E-state index contributed by atoms with van der Waals surface area (Å²) in [6.45, 7) is 17.9. The van der Waals surface area contributed by atoms with E-state index in [0.717, 1.165) is 47.2 Å². The second-order valence-electron chi connectivity index (χ2n) is 14.0. The van der Waals surface area contributed by atoms with Crippen LogP contribution in [0.4, 0.5) is 0 Å². The molecule has 2 aromatic carbocycles. The number of hydrogen-bond donors (Lipinski definition) is 0. The van der Waals surface area contributed by atoms with Crippen LogP contribution in [0.25, 0.3) is 0 Å². The summed E-state index contributed by atoms with van der Waals surface area (Å²) in [4.78, 5) is 0. The Morgan fingerprint density at radius 2 is 1.34 bits per heavy atom. The van der Waals surface area contributed by atoms with Crippen LogP contribution >= 0.6 is 23.5 Å². The van der Waals surface area contributed by atoms with Crippen molar-refractivity contribution in [2.45, 2.75) is 116 Å². The monoisotopic (exact) mass is 746 g/mol. The summed E-state index contributed by atoms with van der Waals surface area (Å²) in [7, 11) is 3.22. The van der Waals surface area contributed by atoms with Crippen molar-refractivity contribution >= 4 is 31.8 Å². The lowest BCUT2D eigenvalue weighted by atomic mass is 9.86. The predicted octanol–water partition coefficient (Wildman–Crippen LogP) is 10.7. The van der Waals surface area contributed by atoms with Gasteiger partial charge >= 0.3 is 0 Å². The molecule has 1 heterocycles. The molecule has 282 valence electrons. The van der Waals surface area contributed by atoms with E-state index in [-0.39, 0.29) is 24.2 Å². The van der Waals surface area contributed by atoms with Gasteiger partial charge in [0, 0.05) is 13.7 Å². The minimum atomic E-state index is -2.01. The molecule has 1 fully saturated rings. The smallest absolute Gasteiger partial charge is 0.193 e. The molecule has 1 saturated heterocycles. The van der Waals surface area contributed by atoms with Crippen LogP contribution in [0, 0.1) is 17.8 Å². The molecule has 0 unspecified atom stereocenters. The number of ether oxygens (including phenoxy) is 5. The highest BCUT2D eigenvalue weighted by Gasteiger charge is 2.41. The van der Waals surface area contributed by atoms with Crippen LogP contribution < -0.4 is 9.47 Å². The van der Waals surface area contributed by atoms with Crippen LogP contribution in [0.5, 0.6) is 11.5 Å². The molecular formula is C41H66O6S2Si. The quantitative estimate of drug-likeness (QED) is 0.0823. The van der Waals surface area contributed by atoms with Crippen molar-refractivity contribution in [3.8, 4) is 11.5 Å². The van der Waals surface area contributed by atoms with E-state index in [4.69, 9.17) is 28.1 Å². The number of rotatable bonds is 23. The Bertz CT molecular complexity index is 1220. The molecule has 0 N–H and O–H groups in total. The Hall–Kier alpha value is -1.46. The standard InChI is InChI=1S/C41H66O6S2Si/c1-11-50(12-2,13-3)47-39(32(6)26-33(7)41-48-23-14-24-49-41)40(44-10)38(46-29-35-17-21-37(43-9)22-18-35)31(5)25-30(4)27-45-28-34-15-19-36(42-8)20-16-34/h15-22,26,30-31,33,38-41H,11-14,23-25,27-29H2,1-10H3/b32-26+/t30-,31+,33+,38-,39+,40-/m0/s1. The molecule has 0 spiro atoms. The number of hydrogen-bond acceptors (Lipinski definition) is 8. The van der Waals surface area contributed by atoms with Gasteiger partial charge in [0.25, 0.3) is 0 Å². The summed E-state index contributed by atoms with van der Waals surface area (Å²) in [5, 5.41) is 0. The van der Waals surface area contributed by atoms with E-state index in [1.165, 1.54) is 23.5 Å². The van der Waals surface area contributed by atoms with Gasteiger partial charge in [-0.3, -0.25) is 0 Å². The maximum Gasteiger partial charge on any atom is 0.193 e. The van der Waals surface area contributed by atoms with Crippen molar-refractivity contribution in [1.82, 2.24) is 0 Å². The summed E-state index contributed by atoms with van der Waals surface area (Å²) < 4.78 is 38.5. The average Bonchev–Trinajstić information content (AvgIpc) is 3.15. The van der Waals surface area contributed by atoms with Gasteiger partial charge in [0.2, 0.25) is 0 Å². The third-order valence-corrected chi connectivity index (χ3v) is 18.2. The minimum Gasteiger partial charge on any atom is -0.497 e. The summed E-state index contributed by atoms with van der Waals surface area (Å²) >= 11 is 4.21. The zero-order valence-electron chi connectivity index (χ0n) is 32.6. The molecule has 0 aromatic heterocycles. The second-order valence-corrected chi connectivity index (χ2v) is 21.5. The average molecular weight is 747 g/mol. The van der Waals surface area contributed by atoms with Crippen LogP contribution in [0.15, 0.2) is 60.2 Å². The summed E-state index contributed by atoms with van der Waals surface area (Å²) in [5.41, 5.74) is 3.52. The molecule has 1 aliphatic heterocycles. The zero-order valence-corrected chi connectivity index (χ0v) is 35.2. The van der Waals surface area contributed by atoms with Crippen molar-refractivity contribution < 1.29 is 28.1 Å². The van der Waals surface area contributed by atoms with Gasteiger partial charge in [-0.25, -0.2) is 0 Å². The van der Waals surface area contributed by atoms with Crippen LogP contribution in [-0.2, 0) is 31.9 Å². The first-order valence-corrected chi connectivity index (χ1v) is 23.3. The van der Waals surface area contributed by atoms with Gasteiger partial charge in [-0.2, -0.15) is 0 Å². The summed E-state index contributed by atoms with van der Waals surface area (Å²) in [6.07, 6.45) is 4.08. The van der Waals surface area contributed by atoms with E-state index < -0.39 is 8.32 Å². The maximum atomic E-state index is 7.44. The van der Waals surface area contributed by atoms with E-state index in [1.54, 1.807) is 14.2 Å². The Kier molecular flexibility index (Phi) is 19.4. The molecule has 6 atom stereocenters. The number of benzene rings is 2. The highest BCUT2D eigenvalue weighted by Crippen LogP contribution is 2.38. The lowest BCUT2D eigenvalue weighted by molar-refractivity contribution is -0.123. The lowest BCUT2D eigenvalue weighted by Gasteiger charge is -2.42. The van der Waals surface area contributed by atoms with E-state index in [9.17, 15) is 0 Å². The highest BCUT2D eigenvalue weighted by molar-refractivity contribution is 8.17. The van der Waals surface area contributed by atoms with Crippen LogP contribution in [-0.4, -0.2) is 70.7 Å². The molecular weight excluding hydrogens is 681 g/mol. The van der Waals surface area contributed by atoms with Crippen molar-refractivity contribution in [3.05, 3.63) is 71.3 Å². The van der Waals surface area contributed by atoms with Gasteiger partial charge in [-0.15, -0.1) is 23.5 Å². The lowest BCUT2D eigenvalue weighted by Crippen LogP contribution is -2.51. The first-order valence-electron chi connectivity index (χ1n) is 18.7. The summed E-state index contributed by atoms with van der Waals surface area (Å²) in [5.74, 6) is 5.15.